The van der Waals surface area contributed by atoms with Gasteiger partial charge in [-0.15, -0.1) is 0 Å². The Bertz CT molecular complexity index is 667. The molecule has 0 saturated carbocycles. The van der Waals surface area contributed by atoms with Gasteiger partial charge in [-0.2, -0.15) is 18.4 Å². The Labute approximate surface area is 125 Å². The summed E-state index contributed by atoms with van der Waals surface area (Å²) in [6, 6.07) is 2.34. The van der Waals surface area contributed by atoms with Crippen LogP contribution >= 0.6 is 0 Å². The number of alkyl halides is 3. The first-order chi connectivity index (χ1) is 10.1. The predicted molar refractivity (Wildman–Crippen MR) is 71.3 cm³/mol. The number of aromatic nitrogens is 1. The molecule has 1 aliphatic heterocycles. The summed E-state index contributed by atoms with van der Waals surface area (Å²) >= 11 is 0. The molecule has 0 bridgehead atoms. The molecule has 0 aromatic carbocycles. The molecule has 5 nitrogen and oxygen atoms in total. The van der Waals surface area contributed by atoms with Gasteiger partial charge in [-0.3, -0.25) is 0 Å². The number of hydrogen-bond donors (Lipinski definition) is 1. The van der Waals surface area contributed by atoms with E-state index in [0.717, 1.165) is 6.07 Å². The lowest BCUT2D eigenvalue weighted by atomic mass is 9.98. The van der Waals surface area contributed by atoms with E-state index in [9.17, 15) is 23.1 Å². The maximum absolute atomic E-state index is 13.1. The second kappa shape index (κ2) is 5.16. The second-order valence-electron chi connectivity index (χ2n) is 5.45. The van der Waals surface area contributed by atoms with E-state index in [-0.39, 0.29) is 24.5 Å². The molecule has 0 aliphatic carbocycles. The van der Waals surface area contributed by atoms with Gasteiger partial charge in [-0.05, 0) is 32.8 Å². The minimum atomic E-state index is -4.70. The van der Waals surface area contributed by atoms with Gasteiger partial charge in [0.05, 0.1) is 5.56 Å². The summed E-state index contributed by atoms with van der Waals surface area (Å²) in [7, 11) is 0. The van der Waals surface area contributed by atoms with Gasteiger partial charge in [0, 0.05) is 12.2 Å². The normalized spacial score (nSPS) is 21.7. The van der Waals surface area contributed by atoms with Crippen molar-refractivity contribution in [3.05, 3.63) is 22.9 Å². The van der Waals surface area contributed by atoms with Crippen LogP contribution in [0.15, 0.2) is 6.07 Å². The SMILES string of the molecule is Cc1cc(C(F)(F)F)c(C#N)c(N2CCC[C@@]2(C)C(=O)O)n1. The molecule has 1 aliphatic rings. The van der Waals surface area contributed by atoms with Crippen LogP contribution in [0.4, 0.5) is 19.0 Å². The lowest BCUT2D eigenvalue weighted by Gasteiger charge is -2.33. The highest BCUT2D eigenvalue weighted by molar-refractivity contribution is 5.84. The Balaban J connectivity index is 2.69. The largest absolute Gasteiger partial charge is 0.480 e. The minimum absolute atomic E-state index is 0.0842. The molecule has 2 heterocycles. The number of halogens is 3. The van der Waals surface area contributed by atoms with Gasteiger partial charge in [0.2, 0.25) is 0 Å². The Kier molecular flexibility index (Phi) is 3.77. The van der Waals surface area contributed by atoms with E-state index in [1.165, 1.54) is 24.8 Å². The smallest absolute Gasteiger partial charge is 0.417 e. The molecule has 1 atom stereocenters. The average molecular weight is 313 g/mol. The van der Waals surface area contributed by atoms with Crippen LogP contribution in [-0.4, -0.2) is 28.1 Å². The van der Waals surface area contributed by atoms with Crippen LogP contribution in [-0.2, 0) is 11.0 Å². The van der Waals surface area contributed by atoms with Gasteiger partial charge in [-0.25, -0.2) is 9.78 Å². The standard InChI is InChI=1S/C14H14F3N3O2/c1-8-6-10(14(15,16)17)9(7-18)11(19-8)20-5-3-4-13(20,2)12(21)22/h6H,3-5H2,1-2H3,(H,21,22)/t13-/m0/s1. The lowest BCUT2D eigenvalue weighted by Crippen LogP contribution is -2.49. The molecule has 2 rings (SSSR count). The Morgan fingerprint density at radius 3 is 2.68 bits per heavy atom. The number of carboxylic acid groups (broad SMARTS) is 1. The minimum Gasteiger partial charge on any atom is -0.480 e. The maximum atomic E-state index is 13.1. The van der Waals surface area contributed by atoms with Crippen molar-refractivity contribution in [1.82, 2.24) is 4.98 Å². The van der Waals surface area contributed by atoms with Crippen molar-refractivity contribution < 1.29 is 23.1 Å². The summed E-state index contributed by atoms with van der Waals surface area (Å²) in [5.41, 5.74) is -3.00. The Morgan fingerprint density at radius 1 is 1.55 bits per heavy atom. The molecule has 0 spiro atoms. The first-order valence-corrected chi connectivity index (χ1v) is 6.61. The van der Waals surface area contributed by atoms with Crippen molar-refractivity contribution >= 4 is 11.8 Å². The predicted octanol–water partition coefficient (Wildman–Crippen LogP) is 2.72. The second-order valence-corrected chi connectivity index (χ2v) is 5.45. The number of hydrogen-bond acceptors (Lipinski definition) is 4. The first kappa shape index (κ1) is 16.1. The number of aliphatic carboxylic acids is 1. The van der Waals surface area contributed by atoms with E-state index < -0.39 is 28.8 Å². The quantitative estimate of drug-likeness (QED) is 0.908. The molecule has 22 heavy (non-hydrogen) atoms. The number of carboxylic acids is 1. The highest BCUT2D eigenvalue weighted by atomic mass is 19.4. The fraction of sp³-hybridized carbons (Fsp3) is 0.500. The van der Waals surface area contributed by atoms with Gasteiger partial charge in [0.15, 0.2) is 0 Å². The van der Waals surface area contributed by atoms with E-state index in [0.29, 0.717) is 6.42 Å². The van der Waals surface area contributed by atoms with Crippen molar-refractivity contribution in [3.8, 4) is 6.07 Å². The van der Waals surface area contributed by atoms with Crippen molar-refractivity contribution in [2.24, 2.45) is 0 Å². The van der Waals surface area contributed by atoms with Gasteiger partial charge >= 0.3 is 12.1 Å². The molecule has 1 aromatic rings. The van der Waals surface area contributed by atoms with Crippen molar-refractivity contribution in [1.29, 1.82) is 5.26 Å². The Morgan fingerprint density at radius 2 is 2.18 bits per heavy atom. The highest BCUT2D eigenvalue weighted by Crippen LogP contribution is 2.40. The molecule has 8 heteroatoms. The van der Waals surface area contributed by atoms with Crippen LogP contribution in [0.1, 0.15) is 36.6 Å². The zero-order chi connectivity index (χ0) is 16.7. The zero-order valence-electron chi connectivity index (χ0n) is 12.0. The number of anilines is 1. The van der Waals surface area contributed by atoms with E-state index in [1.807, 2.05) is 0 Å². The number of nitrogens with zero attached hydrogens (tertiary/aromatic N) is 3. The summed E-state index contributed by atoms with van der Waals surface area (Å²) in [5, 5.41) is 18.6. The maximum Gasteiger partial charge on any atom is 0.417 e. The van der Waals surface area contributed by atoms with Crippen LogP contribution in [0.3, 0.4) is 0 Å². The van der Waals surface area contributed by atoms with Crippen LogP contribution < -0.4 is 4.90 Å². The summed E-state index contributed by atoms with van der Waals surface area (Å²) in [6.07, 6.45) is -3.92. The van der Waals surface area contributed by atoms with Gasteiger partial charge in [0.25, 0.3) is 0 Å². The number of nitriles is 1. The summed E-state index contributed by atoms with van der Waals surface area (Å²) in [5.74, 6) is -1.36. The third kappa shape index (κ3) is 2.47. The molecule has 1 N–H and O–H groups in total. The van der Waals surface area contributed by atoms with E-state index in [1.54, 1.807) is 0 Å². The molecule has 1 aromatic heterocycles. The molecular formula is C14H14F3N3O2. The summed E-state index contributed by atoms with van der Waals surface area (Å²) < 4.78 is 39.4. The molecule has 118 valence electrons. The molecule has 1 fully saturated rings. The van der Waals surface area contributed by atoms with Crippen molar-refractivity contribution in [2.75, 3.05) is 11.4 Å². The fourth-order valence-corrected chi connectivity index (χ4v) is 2.71. The first-order valence-electron chi connectivity index (χ1n) is 6.61. The van der Waals surface area contributed by atoms with Gasteiger partial charge in [0.1, 0.15) is 23.0 Å². The molecule has 0 amide bonds. The van der Waals surface area contributed by atoms with Crippen LogP contribution in [0.5, 0.6) is 0 Å². The van der Waals surface area contributed by atoms with Crippen LogP contribution in [0.2, 0.25) is 0 Å². The summed E-state index contributed by atoms with van der Waals surface area (Å²) in [6.45, 7) is 3.06. The number of pyridine rings is 1. The molecular weight excluding hydrogens is 299 g/mol. The van der Waals surface area contributed by atoms with Crippen molar-refractivity contribution in [2.45, 2.75) is 38.4 Å². The van der Waals surface area contributed by atoms with Crippen molar-refractivity contribution in [3.63, 3.8) is 0 Å². The zero-order valence-corrected chi connectivity index (χ0v) is 12.0. The van der Waals surface area contributed by atoms with E-state index in [2.05, 4.69) is 4.98 Å². The number of rotatable bonds is 2. The third-order valence-electron chi connectivity index (χ3n) is 3.90. The lowest BCUT2D eigenvalue weighted by molar-refractivity contribution is -0.142. The van der Waals surface area contributed by atoms with Gasteiger partial charge < -0.3 is 10.0 Å². The van der Waals surface area contributed by atoms with Crippen LogP contribution in [0, 0.1) is 18.3 Å². The number of aryl methyl sites for hydroxylation is 1. The highest BCUT2D eigenvalue weighted by Gasteiger charge is 2.46. The van der Waals surface area contributed by atoms with E-state index >= 15 is 0 Å². The van der Waals surface area contributed by atoms with Gasteiger partial charge in [-0.1, -0.05) is 0 Å². The number of carbonyl (C=O) groups is 1. The topological polar surface area (TPSA) is 77.2 Å². The summed E-state index contributed by atoms with van der Waals surface area (Å²) in [4.78, 5) is 16.8. The molecule has 0 radical (unpaired) electrons. The molecule has 1 saturated heterocycles. The molecule has 0 unspecified atom stereocenters. The monoisotopic (exact) mass is 313 g/mol. The average Bonchev–Trinajstić information content (AvgIpc) is 2.80. The third-order valence-corrected chi connectivity index (χ3v) is 3.90. The Hall–Kier alpha value is -2.30. The fourth-order valence-electron chi connectivity index (χ4n) is 2.71. The van der Waals surface area contributed by atoms with Crippen LogP contribution in [0.25, 0.3) is 0 Å². The van der Waals surface area contributed by atoms with E-state index in [4.69, 9.17) is 5.26 Å².